The number of ether oxygens (including phenoxy) is 4. The number of amides is 2. The van der Waals surface area contributed by atoms with Crippen molar-refractivity contribution in [2.24, 2.45) is 5.73 Å². The summed E-state index contributed by atoms with van der Waals surface area (Å²) in [7, 11) is 4.62. The van der Waals surface area contributed by atoms with E-state index in [2.05, 4.69) is 17.0 Å². The molecule has 32 heavy (non-hydrogen) atoms. The second-order valence-electron chi connectivity index (χ2n) is 7.39. The molecular weight excluding hydrogens is 414 g/mol. The van der Waals surface area contributed by atoms with Crippen molar-refractivity contribution >= 4 is 17.5 Å². The van der Waals surface area contributed by atoms with E-state index in [0.29, 0.717) is 12.1 Å². The number of carbonyl (C=O) groups is 2. The minimum atomic E-state index is -0.631. The Bertz CT molecular complexity index is 916. The number of hydrogen-bond donors (Lipinski definition) is 1. The van der Waals surface area contributed by atoms with Crippen LogP contribution in [0.15, 0.2) is 36.4 Å². The molecule has 2 N–H and O–H groups in total. The molecule has 172 valence electrons. The van der Waals surface area contributed by atoms with Crippen LogP contribution >= 0.6 is 0 Å². The van der Waals surface area contributed by atoms with Gasteiger partial charge in [0, 0.05) is 37.9 Å². The molecule has 0 bridgehead atoms. The first-order valence-electron chi connectivity index (χ1n) is 10.3. The largest absolute Gasteiger partial charge is 0.493 e. The summed E-state index contributed by atoms with van der Waals surface area (Å²) in [6, 6.07) is 11.3. The van der Waals surface area contributed by atoms with Gasteiger partial charge in [-0.05, 0) is 29.8 Å². The van der Waals surface area contributed by atoms with E-state index in [0.717, 1.165) is 37.6 Å². The standard InChI is InChI=1S/C23H29N3O6/c1-25(14-16-4-6-18(7-5-16)26-8-10-31-11-9-26)23(28)17-12-19(29-2)22(20(13-17)30-3)32-15-21(24)27/h4-7,12-13H,8-11,14-15H2,1-3H3,(H2,24,27). The zero-order valence-corrected chi connectivity index (χ0v) is 18.6. The van der Waals surface area contributed by atoms with Gasteiger partial charge in [0.1, 0.15) is 0 Å². The van der Waals surface area contributed by atoms with Crippen LogP contribution in [0.4, 0.5) is 5.69 Å². The summed E-state index contributed by atoms with van der Waals surface area (Å²) in [5, 5.41) is 0. The molecule has 1 aliphatic heterocycles. The van der Waals surface area contributed by atoms with E-state index < -0.39 is 5.91 Å². The highest BCUT2D eigenvalue weighted by Crippen LogP contribution is 2.38. The Labute approximate surface area is 187 Å². The van der Waals surface area contributed by atoms with Crippen LogP contribution in [0.1, 0.15) is 15.9 Å². The van der Waals surface area contributed by atoms with E-state index in [1.807, 2.05) is 12.1 Å². The molecule has 0 atom stereocenters. The van der Waals surface area contributed by atoms with Crippen LogP contribution in [-0.4, -0.2) is 70.9 Å². The lowest BCUT2D eigenvalue weighted by atomic mass is 10.1. The molecule has 1 fully saturated rings. The topological polar surface area (TPSA) is 104 Å². The molecule has 9 nitrogen and oxygen atoms in total. The Hall–Kier alpha value is -3.46. The third-order valence-corrected chi connectivity index (χ3v) is 5.15. The lowest BCUT2D eigenvalue weighted by Gasteiger charge is -2.29. The van der Waals surface area contributed by atoms with Crippen LogP contribution in [0.5, 0.6) is 17.2 Å². The molecule has 0 aliphatic carbocycles. The van der Waals surface area contributed by atoms with Crippen LogP contribution in [-0.2, 0) is 16.1 Å². The Morgan fingerprint density at radius 3 is 2.19 bits per heavy atom. The van der Waals surface area contributed by atoms with Crippen molar-refractivity contribution in [1.29, 1.82) is 0 Å². The summed E-state index contributed by atoms with van der Waals surface area (Å²) in [6.45, 7) is 3.32. The lowest BCUT2D eigenvalue weighted by Crippen LogP contribution is -2.36. The van der Waals surface area contributed by atoms with Crippen LogP contribution in [0.3, 0.4) is 0 Å². The van der Waals surface area contributed by atoms with Gasteiger partial charge < -0.3 is 34.5 Å². The van der Waals surface area contributed by atoms with Crippen molar-refractivity contribution < 1.29 is 28.5 Å². The maximum absolute atomic E-state index is 13.1. The minimum absolute atomic E-state index is 0.208. The zero-order chi connectivity index (χ0) is 23.1. The first-order valence-corrected chi connectivity index (χ1v) is 10.3. The van der Waals surface area contributed by atoms with Crippen LogP contribution in [0, 0.1) is 0 Å². The third kappa shape index (κ3) is 5.61. The molecule has 9 heteroatoms. The van der Waals surface area contributed by atoms with Crippen molar-refractivity contribution in [3.63, 3.8) is 0 Å². The number of nitrogens with two attached hydrogens (primary N) is 1. The second-order valence-corrected chi connectivity index (χ2v) is 7.39. The fourth-order valence-electron chi connectivity index (χ4n) is 3.49. The first-order chi connectivity index (χ1) is 15.4. The molecule has 0 unspecified atom stereocenters. The third-order valence-electron chi connectivity index (χ3n) is 5.15. The molecule has 2 aromatic carbocycles. The summed E-state index contributed by atoms with van der Waals surface area (Å²) in [6.07, 6.45) is 0. The summed E-state index contributed by atoms with van der Waals surface area (Å²) in [5.41, 5.74) is 7.68. The van der Waals surface area contributed by atoms with Gasteiger partial charge in [0.2, 0.25) is 5.75 Å². The Balaban J connectivity index is 1.72. The van der Waals surface area contributed by atoms with Gasteiger partial charge in [-0.25, -0.2) is 0 Å². The summed E-state index contributed by atoms with van der Waals surface area (Å²) in [4.78, 5) is 28.0. The van der Waals surface area contributed by atoms with Crippen molar-refractivity contribution in [3.8, 4) is 17.2 Å². The molecule has 1 aliphatic rings. The SMILES string of the molecule is COc1cc(C(=O)N(C)Cc2ccc(N3CCOCC3)cc2)cc(OC)c1OCC(N)=O. The van der Waals surface area contributed by atoms with Crippen LogP contribution < -0.4 is 24.8 Å². The van der Waals surface area contributed by atoms with Gasteiger partial charge in [-0.2, -0.15) is 0 Å². The molecule has 1 heterocycles. The van der Waals surface area contributed by atoms with Crippen LogP contribution in [0.2, 0.25) is 0 Å². The molecule has 0 radical (unpaired) electrons. The highest BCUT2D eigenvalue weighted by Gasteiger charge is 2.21. The lowest BCUT2D eigenvalue weighted by molar-refractivity contribution is -0.120. The number of benzene rings is 2. The van der Waals surface area contributed by atoms with E-state index in [-0.39, 0.29) is 29.8 Å². The van der Waals surface area contributed by atoms with E-state index in [1.54, 1.807) is 24.1 Å². The molecule has 2 amide bonds. The van der Waals surface area contributed by atoms with E-state index in [4.69, 9.17) is 24.7 Å². The van der Waals surface area contributed by atoms with Gasteiger partial charge >= 0.3 is 0 Å². The molecule has 0 aromatic heterocycles. The summed E-state index contributed by atoms with van der Waals surface area (Å²) < 4.78 is 21.5. The smallest absolute Gasteiger partial charge is 0.255 e. The van der Waals surface area contributed by atoms with Gasteiger partial charge in [-0.3, -0.25) is 9.59 Å². The number of primary amides is 1. The number of anilines is 1. The average molecular weight is 444 g/mol. The number of rotatable bonds is 9. The summed E-state index contributed by atoms with van der Waals surface area (Å²) in [5.74, 6) is -0.0740. The van der Waals surface area contributed by atoms with Gasteiger partial charge in [-0.1, -0.05) is 12.1 Å². The minimum Gasteiger partial charge on any atom is -0.493 e. The monoisotopic (exact) mass is 443 g/mol. The number of nitrogens with zero attached hydrogens (tertiary/aromatic N) is 2. The van der Waals surface area contributed by atoms with E-state index in [9.17, 15) is 9.59 Å². The Morgan fingerprint density at radius 1 is 1.06 bits per heavy atom. The Kier molecular flexibility index (Phi) is 7.77. The predicted octanol–water partition coefficient (Wildman–Crippen LogP) is 1.68. The van der Waals surface area contributed by atoms with Crippen LogP contribution in [0.25, 0.3) is 0 Å². The van der Waals surface area contributed by atoms with Crippen molar-refractivity contribution in [2.75, 3.05) is 59.1 Å². The highest BCUT2D eigenvalue weighted by atomic mass is 16.5. The fourth-order valence-corrected chi connectivity index (χ4v) is 3.49. The van der Waals surface area contributed by atoms with E-state index in [1.165, 1.54) is 14.2 Å². The van der Waals surface area contributed by atoms with Crippen molar-refractivity contribution in [2.45, 2.75) is 6.54 Å². The van der Waals surface area contributed by atoms with E-state index >= 15 is 0 Å². The molecule has 0 spiro atoms. The van der Waals surface area contributed by atoms with Gasteiger partial charge in [0.15, 0.2) is 18.1 Å². The maximum Gasteiger partial charge on any atom is 0.255 e. The number of carbonyl (C=O) groups excluding carboxylic acids is 2. The van der Waals surface area contributed by atoms with Gasteiger partial charge in [0.05, 0.1) is 27.4 Å². The van der Waals surface area contributed by atoms with Crippen molar-refractivity contribution in [3.05, 3.63) is 47.5 Å². The fraction of sp³-hybridized carbons (Fsp3) is 0.391. The molecular formula is C23H29N3O6. The first kappa shape index (κ1) is 23.2. The maximum atomic E-state index is 13.1. The zero-order valence-electron chi connectivity index (χ0n) is 18.6. The highest BCUT2D eigenvalue weighted by molar-refractivity contribution is 5.95. The molecule has 1 saturated heterocycles. The number of hydrogen-bond acceptors (Lipinski definition) is 7. The predicted molar refractivity (Wildman–Crippen MR) is 120 cm³/mol. The Morgan fingerprint density at radius 2 is 1.66 bits per heavy atom. The molecule has 3 rings (SSSR count). The van der Waals surface area contributed by atoms with Gasteiger partial charge in [0.25, 0.3) is 11.8 Å². The van der Waals surface area contributed by atoms with Crippen molar-refractivity contribution in [1.82, 2.24) is 4.90 Å². The summed E-state index contributed by atoms with van der Waals surface area (Å²) >= 11 is 0. The number of morpholine rings is 1. The van der Waals surface area contributed by atoms with Gasteiger partial charge in [-0.15, -0.1) is 0 Å². The average Bonchev–Trinajstić information content (AvgIpc) is 2.82. The normalized spacial score (nSPS) is 13.4. The number of methoxy groups -OCH3 is 2. The second kappa shape index (κ2) is 10.7. The molecule has 0 saturated carbocycles. The quantitative estimate of drug-likeness (QED) is 0.629. The molecule has 2 aromatic rings.